The molecule has 1 aromatic rings. The second-order valence-corrected chi connectivity index (χ2v) is 3.37. The van der Waals surface area contributed by atoms with Gasteiger partial charge in [0, 0.05) is 25.9 Å². The number of anilines is 1. The Balaban J connectivity index is 2.28. The van der Waals surface area contributed by atoms with Crippen molar-refractivity contribution in [3.8, 4) is 5.88 Å². The van der Waals surface area contributed by atoms with Gasteiger partial charge in [0.15, 0.2) is 0 Å². The molecule has 96 valence electrons. The summed E-state index contributed by atoms with van der Waals surface area (Å²) in [6.45, 7) is 4.04. The molecule has 0 unspecified atom stereocenters. The van der Waals surface area contributed by atoms with Crippen molar-refractivity contribution in [2.45, 2.75) is 6.92 Å². The van der Waals surface area contributed by atoms with Crippen molar-refractivity contribution >= 4 is 5.95 Å². The second kappa shape index (κ2) is 7.81. The Labute approximate surface area is 101 Å². The molecule has 0 aromatic carbocycles. The summed E-state index contributed by atoms with van der Waals surface area (Å²) in [6.07, 6.45) is 0. The lowest BCUT2D eigenvalue weighted by Crippen LogP contribution is -2.11. The van der Waals surface area contributed by atoms with E-state index < -0.39 is 0 Å². The summed E-state index contributed by atoms with van der Waals surface area (Å²) in [5.41, 5.74) is 0.861. The number of aromatic nitrogens is 2. The van der Waals surface area contributed by atoms with Crippen LogP contribution in [0.3, 0.4) is 0 Å². The molecule has 0 amide bonds. The van der Waals surface area contributed by atoms with E-state index in [0.717, 1.165) is 5.69 Å². The van der Waals surface area contributed by atoms with E-state index in [1.165, 1.54) is 0 Å². The van der Waals surface area contributed by atoms with E-state index in [1.54, 1.807) is 20.2 Å². The Bertz CT molecular complexity index is 334. The molecule has 1 rings (SSSR count). The van der Waals surface area contributed by atoms with Gasteiger partial charge in [-0.25, -0.2) is 4.98 Å². The smallest absolute Gasteiger partial charge is 0.225 e. The first kappa shape index (κ1) is 13.7. The van der Waals surface area contributed by atoms with Gasteiger partial charge in [0.05, 0.1) is 19.8 Å². The zero-order valence-electron chi connectivity index (χ0n) is 10.5. The molecular formula is C11H19N3O3. The van der Waals surface area contributed by atoms with Crippen LogP contribution in [0.15, 0.2) is 6.07 Å². The van der Waals surface area contributed by atoms with Crippen molar-refractivity contribution in [1.82, 2.24) is 9.97 Å². The number of rotatable bonds is 8. The lowest BCUT2D eigenvalue weighted by atomic mass is 10.4. The molecule has 0 saturated heterocycles. The maximum Gasteiger partial charge on any atom is 0.225 e. The average Bonchev–Trinajstić information content (AvgIpc) is 2.33. The monoisotopic (exact) mass is 241 g/mol. The third kappa shape index (κ3) is 5.46. The number of hydrogen-bond donors (Lipinski definition) is 1. The first-order chi connectivity index (χ1) is 8.26. The van der Waals surface area contributed by atoms with E-state index in [9.17, 15) is 0 Å². The fraction of sp³-hybridized carbons (Fsp3) is 0.636. The van der Waals surface area contributed by atoms with Crippen LogP contribution in [-0.2, 0) is 9.47 Å². The predicted octanol–water partition coefficient (Wildman–Crippen LogP) is 0.869. The quantitative estimate of drug-likeness (QED) is 0.681. The van der Waals surface area contributed by atoms with E-state index in [1.807, 2.05) is 6.92 Å². The molecule has 0 atom stereocenters. The minimum absolute atomic E-state index is 0.462. The maximum absolute atomic E-state index is 5.45. The minimum Gasteiger partial charge on any atom is -0.475 e. The third-order valence-corrected chi connectivity index (χ3v) is 1.96. The van der Waals surface area contributed by atoms with Gasteiger partial charge in [-0.3, -0.25) is 0 Å². The molecule has 0 aliphatic carbocycles. The van der Waals surface area contributed by atoms with Gasteiger partial charge in [0.25, 0.3) is 0 Å². The van der Waals surface area contributed by atoms with Crippen molar-refractivity contribution < 1.29 is 14.2 Å². The van der Waals surface area contributed by atoms with Crippen LogP contribution < -0.4 is 10.1 Å². The molecule has 0 aliphatic rings. The molecule has 0 spiro atoms. The molecule has 0 bridgehead atoms. The van der Waals surface area contributed by atoms with E-state index in [0.29, 0.717) is 38.3 Å². The molecule has 0 aliphatic heterocycles. The van der Waals surface area contributed by atoms with Gasteiger partial charge >= 0.3 is 0 Å². The Kier molecular flexibility index (Phi) is 6.27. The van der Waals surface area contributed by atoms with Gasteiger partial charge in [0.2, 0.25) is 11.8 Å². The van der Waals surface area contributed by atoms with Crippen LogP contribution in [0, 0.1) is 6.92 Å². The van der Waals surface area contributed by atoms with Crippen molar-refractivity contribution in [3.05, 3.63) is 11.8 Å². The normalized spacial score (nSPS) is 10.3. The second-order valence-electron chi connectivity index (χ2n) is 3.37. The summed E-state index contributed by atoms with van der Waals surface area (Å²) in [5.74, 6) is 1.11. The number of ether oxygens (including phenoxy) is 3. The van der Waals surface area contributed by atoms with E-state index in [-0.39, 0.29) is 0 Å². The van der Waals surface area contributed by atoms with E-state index in [4.69, 9.17) is 14.2 Å². The zero-order chi connectivity index (χ0) is 12.5. The molecule has 0 fully saturated rings. The number of hydrogen-bond acceptors (Lipinski definition) is 6. The Morgan fingerprint density at radius 2 is 1.94 bits per heavy atom. The Hall–Kier alpha value is -1.40. The summed E-state index contributed by atoms with van der Waals surface area (Å²) in [5, 5.41) is 2.88. The van der Waals surface area contributed by atoms with Crippen molar-refractivity contribution in [2.75, 3.05) is 45.9 Å². The number of nitrogens with zero attached hydrogens (tertiary/aromatic N) is 2. The standard InChI is InChI=1S/C11H19N3O3/c1-9-8-10(14-11(12-2)13-9)17-7-6-16-5-4-15-3/h8H,4-7H2,1-3H3,(H,12,13,14). The molecule has 1 heterocycles. The fourth-order valence-corrected chi connectivity index (χ4v) is 1.17. The van der Waals surface area contributed by atoms with Gasteiger partial charge in [-0.15, -0.1) is 0 Å². The van der Waals surface area contributed by atoms with Gasteiger partial charge in [0.1, 0.15) is 6.61 Å². The van der Waals surface area contributed by atoms with Crippen LogP contribution in [0.25, 0.3) is 0 Å². The predicted molar refractivity (Wildman–Crippen MR) is 64.5 cm³/mol. The lowest BCUT2D eigenvalue weighted by Gasteiger charge is -2.08. The van der Waals surface area contributed by atoms with Crippen LogP contribution in [0.1, 0.15) is 5.69 Å². The highest BCUT2D eigenvalue weighted by atomic mass is 16.5. The van der Waals surface area contributed by atoms with Crippen LogP contribution in [-0.4, -0.2) is 50.6 Å². The first-order valence-corrected chi connectivity index (χ1v) is 5.49. The topological polar surface area (TPSA) is 65.5 Å². The zero-order valence-corrected chi connectivity index (χ0v) is 10.5. The Morgan fingerprint density at radius 3 is 2.65 bits per heavy atom. The lowest BCUT2D eigenvalue weighted by molar-refractivity contribution is 0.0537. The number of aryl methyl sites for hydroxylation is 1. The number of methoxy groups -OCH3 is 1. The van der Waals surface area contributed by atoms with Gasteiger partial charge in [-0.1, -0.05) is 0 Å². The maximum atomic E-state index is 5.45. The summed E-state index contributed by atoms with van der Waals surface area (Å²) in [6, 6.07) is 1.79. The fourth-order valence-electron chi connectivity index (χ4n) is 1.17. The summed E-state index contributed by atoms with van der Waals surface area (Å²) in [4.78, 5) is 8.33. The first-order valence-electron chi connectivity index (χ1n) is 5.49. The van der Waals surface area contributed by atoms with Crippen molar-refractivity contribution in [2.24, 2.45) is 0 Å². The van der Waals surface area contributed by atoms with Crippen LogP contribution in [0.2, 0.25) is 0 Å². The molecule has 17 heavy (non-hydrogen) atoms. The van der Waals surface area contributed by atoms with Crippen LogP contribution in [0.4, 0.5) is 5.95 Å². The minimum atomic E-state index is 0.462. The molecule has 6 heteroatoms. The van der Waals surface area contributed by atoms with Crippen molar-refractivity contribution in [1.29, 1.82) is 0 Å². The van der Waals surface area contributed by atoms with Crippen LogP contribution in [0.5, 0.6) is 5.88 Å². The summed E-state index contributed by atoms with van der Waals surface area (Å²) < 4.78 is 15.6. The highest BCUT2D eigenvalue weighted by Crippen LogP contribution is 2.11. The summed E-state index contributed by atoms with van der Waals surface area (Å²) >= 11 is 0. The number of nitrogens with one attached hydrogen (secondary N) is 1. The molecule has 0 saturated carbocycles. The molecular weight excluding hydrogens is 222 g/mol. The molecule has 1 N–H and O–H groups in total. The SMILES string of the molecule is CNc1nc(C)cc(OCCOCCOC)n1. The summed E-state index contributed by atoms with van der Waals surface area (Å²) in [7, 11) is 3.41. The molecule has 6 nitrogen and oxygen atoms in total. The largest absolute Gasteiger partial charge is 0.475 e. The Morgan fingerprint density at radius 1 is 1.18 bits per heavy atom. The van der Waals surface area contributed by atoms with Crippen LogP contribution >= 0.6 is 0 Å². The van der Waals surface area contributed by atoms with Gasteiger partial charge in [-0.05, 0) is 6.92 Å². The van der Waals surface area contributed by atoms with E-state index >= 15 is 0 Å². The molecule has 1 aromatic heterocycles. The average molecular weight is 241 g/mol. The van der Waals surface area contributed by atoms with Crippen molar-refractivity contribution in [3.63, 3.8) is 0 Å². The third-order valence-electron chi connectivity index (χ3n) is 1.96. The highest BCUT2D eigenvalue weighted by Gasteiger charge is 2.01. The molecule has 0 radical (unpaired) electrons. The van der Waals surface area contributed by atoms with Gasteiger partial charge < -0.3 is 19.5 Å². The van der Waals surface area contributed by atoms with E-state index in [2.05, 4.69) is 15.3 Å². The van der Waals surface area contributed by atoms with Gasteiger partial charge in [-0.2, -0.15) is 4.98 Å². The highest BCUT2D eigenvalue weighted by molar-refractivity contribution is 5.29.